The molecule has 37 heavy (non-hydrogen) atoms. The van der Waals surface area contributed by atoms with E-state index in [9.17, 15) is 9.59 Å². The lowest BCUT2D eigenvalue weighted by Gasteiger charge is -2.31. The molecule has 0 bridgehead atoms. The standard InChI is InChI=1S/C28H34N4O4.ClH/c1-4-36-28(34)25(35-3)27(33)32(21-7-5-6-8-21)22-13-14-24-20(16-22)17-23(31(24)2)15-18-9-11-19(12-10-18)26(29)30;/h9-14,16-17,21,25H,4-8,15H2,1-3H3,(H3,29,30);1H. The van der Waals surface area contributed by atoms with Crippen LogP contribution in [0.4, 0.5) is 5.69 Å². The summed E-state index contributed by atoms with van der Waals surface area (Å²) in [7, 11) is 3.39. The van der Waals surface area contributed by atoms with Crippen molar-refractivity contribution in [1.82, 2.24) is 4.57 Å². The van der Waals surface area contributed by atoms with Crippen molar-refractivity contribution < 1.29 is 19.1 Å². The highest BCUT2D eigenvalue weighted by Crippen LogP contribution is 2.32. The van der Waals surface area contributed by atoms with E-state index in [1.54, 1.807) is 11.8 Å². The lowest BCUT2D eigenvalue weighted by atomic mass is 10.1. The Bertz CT molecular complexity index is 1270. The zero-order valence-corrected chi connectivity index (χ0v) is 22.3. The van der Waals surface area contributed by atoms with E-state index in [1.807, 2.05) is 49.5 Å². The molecule has 1 aliphatic carbocycles. The van der Waals surface area contributed by atoms with Crippen molar-refractivity contribution >= 4 is 46.7 Å². The van der Waals surface area contributed by atoms with Crippen molar-refractivity contribution in [3.63, 3.8) is 0 Å². The maximum absolute atomic E-state index is 13.6. The molecule has 1 aromatic heterocycles. The number of hydrogen-bond donors (Lipinski definition) is 2. The molecule has 1 heterocycles. The highest BCUT2D eigenvalue weighted by atomic mass is 35.5. The number of amides is 1. The van der Waals surface area contributed by atoms with Gasteiger partial charge in [-0.25, -0.2) is 4.79 Å². The first kappa shape index (κ1) is 28.2. The lowest BCUT2D eigenvalue weighted by Crippen LogP contribution is -2.49. The quantitative estimate of drug-likeness (QED) is 0.187. The maximum atomic E-state index is 13.6. The lowest BCUT2D eigenvalue weighted by molar-refractivity contribution is -0.159. The average molecular weight is 527 g/mol. The summed E-state index contributed by atoms with van der Waals surface area (Å²) in [6.45, 7) is 1.90. The molecule has 1 unspecified atom stereocenters. The van der Waals surface area contributed by atoms with E-state index in [4.69, 9.17) is 20.6 Å². The molecule has 9 heteroatoms. The first-order valence-corrected chi connectivity index (χ1v) is 12.4. The second-order valence-corrected chi connectivity index (χ2v) is 9.24. The Morgan fingerprint density at radius 2 is 1.81 bits per heavy atom. The highest BCUT2D eigenvalue weighted by Gasteiger charge is 2.37. The SMILES string of the molecule is CCOC(=O)C(OC)C(=O)N(c1ccc2c(c1)cc(Cc1ccc(C(=N)N)cc1)n2C)C1CCCC1.Cl. The normalized spacial score (nSPS) is 14.2. The average Bonchev–Trinajstić information content (AvgIpc) is 3.49. The number of benzene rings is 2. The molecule has 1 fully saturated rings. The van der Waals surface area contributed by atoms with Gasteiger partial charge in [0.15, 0.2) is 0 Å². The van der Waals surface area contributed by atoms with Crippen LogP contribution < -0.4 is 10.6 Å². The van der Waals surface area contributed by atoms with Gasteiger partial charge in [-0.1, -0.05) is 37.1 Å². The minimum Gasteiger partial charge on any atom is -0.464 e. The number of halogens is 1. The van der Waals surface area contributed by atoms with Crippen LogP contribution in [0.2, 0.25) is 0 Å². The second kappa shape index (κ2) is 12.3. The molecule has 2 aromatic carbocycles. The Labute approximate surface area is 223 Å². The number of carbonyl (C=O) groups is 2. The molecule has 1 amide bonds. The number of rotatable bonds is 9. The first-order chi connectivity index (χ1) is 17.3. The second-order valence-electron chi connectivity index (χ2n) is 9.24. The van der Waals surface area contributed by atoms with Crippen LogP contribution in [0.25, 0.3) is 10.9 Å². The van der Waals surface area contributed by atoms with E-state index in [-0.39, 0.29) is 36.8 Å². The highest BCUT2D eigenvalue weighted by molar-refractivity contribution is 6.09. The van der Waals surface area contributed by atoms with Crippen LogP contribution in [0.5, 0.6) is 0 Å². The molecule has 8 nitrogen and oxygen atoms in total. The molecule has 3 aromatic rings. The van der Waals surface area contributed by atoms with Gasteiger partial charge in [0.1, 0.15) is 5.84 Å². The molecule has 1 atom stereocenters. The summed E-state index contributed by atoms with van der Waals surface area (Å²) in [5.41, 5.74) is 10.3. The smallest absolute Gasteiger partial charge is 0.345 e. The number of fused-ring (bicyclic) bond motifs is 1. The zero-order chi connectivity index (χ0) is 25.8. The van der Waals surface area contributed by atoms with Crippen molar-refractivity contribution in [1.29, 1.82) is 5.41 Å². The van der Waals surface area contributed by atoms with E-state index in [1.165, 1.54) is 7.11 Å². The predicted octanol–water partition coefficient (Wildman–Crippen LogP) is 4.33. The fourth-order valence-corrected chi connectivity index (χ4v) is 5.05. The van der Waals surface area contributed by atoms with Crippen LogP contribution in [0, 0.1) is 5.41 Å². The Hall–Kier alpha value is -3.36. The van der Waals surface area contributed by atoms with E-state index in [0.29, 0.717) is 5.56 Å². The van der Waals surface area contributed by atoms with Gasteiger partial charge in [-0.3, -0.25) is 10.2 Å². The molecule has 198 valence electrons. The monoisotopic (exact) mass is 526 g/mol. The number of aromatic nitrogens is 1. The predicted molar refractivity (Wildman–Crippen MR) is 148 cm³/mol. The molecule has 1 aliphatic rings. The van der Waals surface area contributed by atoms with Crippen LogP contribution in [0.1, 0.15) is 49.4 Å². The molecule has 0 spiro atoms. The molecule has 1 saturated carbocycles. The summed E-state index contributed by atoms with van der Waals surface area (Å²) in [5.74, 6) is -0.991. The van der Waals surface area contributed by atoms with Crippen molar-refractivity contribution in [3.05, 3.63) is 65.4 Å². The summed E-state index contributed by atoms with van der Waals surface area (Å²) < 4.78 is 12.5. The zero-order valence-electron chi connectivity index (χ0n) is 21.5. The van der Waals surface area contributed by atoms with Crippen LogP contribution in [0.3, 0.4) is 0 Å². The third-order valence-electron chi connectivity index (χ3n) is 6.94. The number of methoxy groups -OCH3 is 1. The minimum absolute atomic E-state index is 0. The van der Waals surface area contributed by atoms with Crippen molar-refractivity contribution in [2.75, 3.05) is 18.6 Å². The largest absolute Gasteiger partial charge is 0.464 e. The van der Waals surface area contributed by atoms with Crippen LogP contribution in [-0.4, -0.2) is 48.1 Å². The number of nitrogen functional groups attached to an aromatic ring is 1. The summed E-state index contributed by atoms with van der Waals surface area (Å²) in [4.78, 5) is 27.8. The number of nitrogens with two attached hydrogens (primary N) is 1. The first-order valence-electron chi connectivity index (χ1n) is 12.4. The van der Waals surface area contributed by atoms with Crippen molar-refractivity contribution in [2.45, 2.75) is 51.2 Å². The number of hydrogen-bond acceptors (Lipinski definition) is 5. The number of ether oxygens (including phenoxy) is 2. The topological polar surface area (TPSA) is 111 Å². The van der Waals surface area contributed by atoms with Crippen molar-refractivity contribution in [2.24, 2.45) is 12.8 Å². The number of anilines is 1. The molecule has 0 saturated heterocycles. The summed E-state index contributed by atoms with van der Waals surface area (Å²) in [6.07, 6.45) is 3.31. The van der Waals surface area contributed by atoms with Crippen molar-refractivity contribution in [3.8, 4) is 0 Å². The van der Waals surface area contributed by atoms with Crippen LogP contribution >= 0.6 is 12.4 Å². The number of esters is 1. The Morgan fingerprint density at radius 3 is 2.41 bits per heavy atom. The van der Waals surface area contributed by atoms with Crippen LogP contribution in [-0.2, 0) is 32.5 Å². The van der Waals surface area contributed by atoms with E-state index < -0.39 is 12.1 Å². The van der Waals surface area contributed by atoms with Gasteiger partial charge in [0.2, 0.25) is 6.10 Å². The number of amidine groups is 1. The Morgan fingerprint density at radius 1 is 1.14 bits per heavy atom. The van der Waals surface area contributed by atoms with Gasteiger partial charge in [0.25, 0.3) is 5.91 Å². The number of nitrogens with one attached hydrogen (secondary N) is 1. The van der Waals surface area contributed by atoms with E-state index >= 15 is 0 Å². The van der Waals surface area contributed by atoms with Crippen LogP contribution in [0.15, 0.2) is 48.5 Å². The molecule has 3 N–H and O–H groups in total. The van der Waals surface area contributed by atoms with Gasteiger partial charge >= 0.3 is 5.97 Å². The summed E-state index contributed by atoms with van der Waals surface area (Å²) in [6, 6.07) is 15.8. The Kier molecular flexibility index (Phi) is 9.34. The maximum Gasteiger partial charge on any atom is 0.345 e. The van der Waals surface area contributed by atoms with Gasteiger partial charge in [0, 0.05) is 54.5 Å². The van der Waals surface area contributed by atoms with Gasteiger partial charge in [-0.2, -0.15) is 0 Å². The third kappa shape index (κ3) is 5.97. The molecule has 4 rings (SSSR count). The summed E-state index contributed by atoms with van der Waals surface area (Å²) >= 11 is 0. The van der Waals surface area contributed by atoms with Gasteiger partial charge in [0.05, 0.1) is 6.61 Å². The fraction of sp³-hybridized carbons (Fsp3) is 0.393. The Balaban J connectivity index is 0.00000380. The minimum atomic E-state index is -1.29. The number of aryl methyl sites for hydroxylation is 1. The van der Waals surface area contributed by atoms with Gasteiger partial charge in [-0.05, 0) is 49.6 Å². The van der Waals surface area contributed by atoms with E-state index in [0.717, 1.165) is 60.0 Å². The van der Waals surface area contributed by atoms with E-state index in [2.05, 4.69) is 10.6 Å². The van der Waals surface area contributed by atoms with Gasteiger partial charge in [-0.15, -0.1) is 12.4 Å². The van der Waals surface area contributed by atoms with Gasteiger partial charge < -0.3 is 24.7 Å². The fourth-order valence-electron chi connectivity index (χ4n) is 5.05. The molecule has 0 aliphatic heterocycles. The number of nitrogens with zero attached hydrogens (tertiary/aromatic N) is 2. The summed E-state index contributed by atoms with van der Waals surface area (Å²) in [5, 5.41) is 8.60. The number of carbonyl (C=O) groups excluding carboxylic acids is 2. The third-order valence-corrected chi connectivity index (χ3v) is 6.94. The molecular formula is C28H35ClN4O4. The molecular weight excluding hydrogens is 492 g/mol. The molecule has 0 radical (unpaired) electrons.